The third-order valence-corrected chi connectivity index (χ3v) is 3.43. The molecule has 1 heterocycles. The van der Waals surface area contributed by atoms with E-state index in [0.29, 0.717) is 11.0 Å². The van der Waals surface area contributed by atoms with Crippen molar-refractivity contribution in [3.8, 4) is 0 Å². The van der Waals surface area contributed by atoms with E-state index in [9.17, 15) is 0 Å². The molecule has 0 radical (unpaired) electrons. The average Bonchev–Trinajstić information content (AvgIpc) is 2.49. The summed E-state index contributed by atoms with van der Waals surface area (Å²) in [7, 11) is 0. The maximum atomic E-state index is 6.05. The summed E-state index contributed by atoms with van der Waals surface area (Å²) in [5.74, 6) is 0.477. The maximum Gasteiger partial charge on any atom is 0.221 e. The van der Waals surface area contributed by atoms with Crippen LogP contribution in [0.2, 0.25) is 5.02 Å². The lowest BCUT2D eigenvalue weighted by Crippen LogP contribution is -2.44. The Bertz CT molecular complexity index is 694. The number of guanidine groups is 2. The largest absolute Gasteiger partial charge is 0.369 e. The molecular formula is C15H14ClN5. The topological polar surface area (TPSA) is 80.0 Å². The van der Waals surface area contributed by atoms with Gasteiger partial charge in [-0.3, -0.25) is 4.90 Å². The van der Waals surface area contributed by atoms with Crippen molar-refractivity contribution in [1.82, 2.24) is 0 Å². The molecule has 106 valence electrons. The van der Waals surface area contributed by atoms with Gasteiger partial charge in [0.05, 0.1) is 0 Å². The molecule has 5 nitrogen and oxygen atoms in total. The standard InChI is InChI=1S/C15H14ClN5/c16-11-6-8-12(9-7-11)21-13(10-4-2-1-3-5-10)19-14(17)20-15(21)18/h1-9,13H,(H4,17,18,19,20)/t13-/m0/s1. The summed E-state index contributed by atoms with van der Waals surface area (Å²) < 4.78 is 0. The van der Waals surface area contributed by atoms with Crippen molar-refractivity contribution in [3.05, 3.63) is 65.2 Å². The second-order valence-electron chi connectivity index (χ2n) is 4.59. The van der Waals surface area contributed by atoms with Gasteiger partial charge in [0.25, 0.3) is 0 Å². The summed E-state index contributed by atoms with van der Waals surface area (Å²) in [6.07, 6.45) is -0.343. The van der Waals surface area contributed by atoms with Gasteiger partial charge in [0.1, 0.15) is 0 Å². The van der Waals surface area contributed by atoms with Gasteiger partial charge in [-0.05, 0) is 29.8 Å². The molecule has 0 unspecified atom stereocenters. The van der Waals surface area contributed by atoms with Gasteiger partial charge in [-0.25, -0.2) is 4.99 Å². The van der Waals surface area contributed by atoms with E-state index in [1.165, 1.54) is 0 Å². The Labute approximate surface area is 127 Å². The summed E-state index contributed by atoms with van der Waals surface area (Å²) in [6, 6.07) is 17.1. The zero-order chi connectivity index (χ0) is 14.8. The van der Waals surface area contributed by atoms with Gasteiger partial charge >= 0.3 is 0 Å². The Morgan fingerprint density at radius 3 is 2.29 bits per heavy atom. The van der Waals surface area contributed by atoms with Crippen LogP contribution in [0.1, 0.15) is 11.7 Å². The second kappa shape index (κ2) is 5.46. The van der Waals surface area contributed by atoms with Crippen molar-refractivity contribution in [3.63, 3.8) is 0 Å². The lowest BCUT2D eigenvalue weighted by molar-refractivity contribution is 0.736. The molecule has 1 atom stereocenters. The summed E-state index contributed by atoms with van der Waals surface area (Å²) >= 11 is 5.94. The summed E-state index contributed by atoms with van der Waals surface area (Å²) in [5.41, 5.74) is 13.6. The summed E-state index contributed by atoms with van der Waals surface area (Å²) in [6.45, 7) is 0. The highest BCUT2D eigenvalue weighted by atomic mass is 35.5. The number of aliphatic imine (C=N–C) groups is 2. The molecule has 3 rings (SSSR count). The minimum absolute atomic E-state index is 0.173. The van der Waals surface area contributed by atoms with E-state index >= 15 is 0 Å². The van der Waals surface area contributed by atoms with E-state index in [1.54, 1.807) is 12.1 Å². The minimum Gasteiger partial charge on any atom is -0.369 e. The van der Waals surface area contributed by atoms with Gasteiger partial charge < -0.3 is 11.5 Å². The highest BCUT2D eigenvalue weighted by Crippen LogP contribution is 2.30. The number of hydrogen-bond acceptors (Lipinski definition) is 5. The summed E-state index contributed by atoms with van der Waals surface area (Å²) in [4.78, 5) is 10.3. The smallest absolute Gasteiger partial charge is 0.221 e. The molecule has 0 bridgehead atoms. The molecule has 1 aliphatic rings. The van der Waals surface area contributed by atoms with Crippen LogP contribution in [0.25, 0.3) is 0 Å². The van der Waals surface area contributed by atoms with Crippen molar-refractivity contribution < 1.29 is 0 Å². The Morgan fingerprint density at radius 1 is 0.952 bits per heavy atom. The van der Waals surface area contributed by atoms with Gasteiger partial charge in [-0.1, -0.05) is 41.9 Å². The maximum absolute atomic E-state index is 6.05. The van der Waals surface area contributed by atoms with Gasteiger partial charge in [-0.15, -0.1) is 0 Å². The molecule has 0 spiro atoms. The fourth-order valence-corrected chi connectivity index (χ4v) is 2.36. The van der Waals surface area contributed by atoms with E-state index in [0.717, 1.165) is 11.3 Å². The SMILES string of the molecule is NC1=N[C@H](c2ccccc2)N(c2ccc(Cl)cc2)C(N)=N1. The van der Waals surface area contributed by atoms with Crippen molar-refractivity contribution in [1.29, 1.82) is 0 Å². The van der Waals surface area contributed by atoms with E-state index in [2.05, 4.69) is 9.98 Å². The van der Waals surface area contributed by atoms with Crippen LogP contribution in [-0.4, -0.2) is 11.9 Å². The van der Waals surface area contributed by atoms with Crippen LogP contribution < -0.4 is 16.4 Å². The quantitative estimate of drug-likeness (QED) is 0.894. The fourth-order valence-electron chi connectivity index (χ4n) is 2.23. The first-order chi connectivity index (χ1) is 10.1. The second-order valence-corrected chi connectivity index (χ2v) is 5.02. The third-order valence-electron chi connectivity index (χ3n) is 3.18. The number of halogens is 1. The number of hydrogen-bond donors (Lipinski definition) is 2. The van der Waals surface area contributed by atoms with Crippen LogP contribution in [-0.2, 0) is 0 Å². The minimum atomic E-state index is -0.343. The first-order valence-corrected chi connectivity index (χ1v) is 6.80. The molecule has 2 aromatic rings. The predicted molar refractivity (Wildman–Crippen MR) is 86.4 cm³/mol. The molecule has 6 heteroatoms. The van der Waals surface area contributed by atoms with E-state index in [-0.39, 0.29) is 12.1 Å². The van der Waals surface area contributed by atoms with Crippen LogP contribution in [0.5, 0.6) is 0 Å². The molecule has 2 aromatic carbocycles. The predicted octanol–water partition coefficient (Wildman–Crippen LogP) is 2.49. The van der Waals surface area contributed by atoms with Crippen molar-refractivity contribution in [2.75, 3.05) is 4.90 Å². The molecule has 1 aliphatic heterocycles. The van der Waals surface area contributed by atoms with Crippen LogP contribution in [0.15, 0.2) is 64.6 Å². The molecule has 0 aliphatic carbocycles. The Hall–Kier alpha value is -2.53. The number of rotatable bonds is 2. The van der Waals surface area contributed by atoms with Gasteiger partial charge in [0.2, 0.25) is 11.9 Å². The zero-order valence-electron chi connectivity index (χ0n) is 11.1. The number of nitrogens with two attached hydrogens (primary N) is 2. The number of anilines is 1. The van der Waals surface area contributed by atoms with Crippen molar-refractivity contribution >= 4 is 29.2 Å². The van der Waals surface area contributed by atoms with Crippen LogP contribution in [0.4, 0.5) is 5.69 Å². The lowest BCUT2D eigenvalue weighted by atomic mass is 10.1. The Kier molecular flexibility index (Phi) is 3.50. The normalized spacial score (nSPS) is 18.1. The lowest BCUT2D eigenvalue weighted by Gasteiger charge is -2.32. The van der Waals surface area contributed by atoms with E-state index in [1.807, 2.05) is 47.4 Å². The molecule has 0 saturated heterocycles. The fraction of sp³-hybridized carbons (Fsp3) is 0.0667. The average molecular weight is 300 g/mol. The monoisotopic (exact) mass is 299 g/mol. The first-order valence-electron chi connectivity index (χ1n) is 6.42. The molecule has 21 heavy (non-hydrogen) atoms. The van der Waals surface area contributed by atoms with Crippen LogP contribution in [0.3, 0.4) is 0 Å². The summed E-state index contributed by atoms with van der Waals surface area (Å²) in [5, 5.41) is 0.658. The number of nitrogens with zero attached hydrogens (tertiary/aromatic N) is 3. The van der Waals surface area contributed by atoms with Crippen molar-refractivity contribution in [2.45, 2.75) is 6.17 Å². The van der Waals surface area contributed by atoms with Gasteiger partial charge in [-0.2, -0.15) is 4.99 Å². The van der Waals surface area contributed by atoms with Crippen LogP contribution in [0, 0.1) is 0 Å². The van der Waals surface area contributed by atoms with E-state index in [4.69, 9.17) is 23.1 Å². The highest BCUT2D eigenvalue weighted by molar-refractivity contribution is 6.30. The molecule has 0 aromatic heterocycles. The third kappa shape index (κ3) is 2.68. The molecular weight excluding hydrogens is 286 g/mol. The van der Waals surface area contributed by atoms with E-state index < -0.39 is 0 Å². The van der Waals surface area contributed by atoms with Crippen molar-refractivity contribution in [2.24, 2.45) is 21.5 Å². The molecule has 0 fully saturated rings. The Balaban J connectivity index is 2.07. The Morgan fingerprint density at radius 2 is 1.62 bits per heavy atom. The highest BCUT2D eigenvalue weighted by Gasteiger charge is 2.27. The van der Waals surface area contributed by atoms with Crippen LogP contribution >= 0.6 is 11.6 Å². The number of benzene rings is 2. The molecule has 0 saturated carbocycles. The zero-order valence-corrected chi connectivity index (χ0v) is 11.9. The van der Waals surface area contributed by atoms with Gasteiger partial charge in [0.15, 0.2) is 6.17 Å². The molecule has 0 amide bonds. The molecule has 4 N–H and O–H groups in total. The first kappa shape index (κ1) is 13.5. The van der Waals surface area contributed by atoms with Gasteiger partial charge in [0, 0.05) is 10.7 Å².